The summed E-state index contributed by atoms with van der Waals surface area (Å²) in [6.45, 7) is 7.98. The van der Waals surface area contributed by atoms with Crippen LogP contribution in [-0.2, 0) is 9.53 Å². The minimum Gasteiger partial charge on any atom is -0.493 e. The molecular formula is C20H32N2O5. The molecular weight excluding hydrogens is 348 g/mol. The molecule has 1 aromatic carbocycles. The molecule has 0 saturated heterocycles. The van der Waals surface area contributed by atoms with E-state index in [1.807, 2.05) is 0 Å². The standard InChI is InChI=1S/C20H32N2O5/c1-6-21(7-2)12-8-13-22(14-11-19(23)27-5)20(24)16-9-10-17(25-3)18(15-16)26-4/h9-10,15H,6-8,11-14H2,1-5H3. The molecule has 0 unspecified atom stereocenters. The fourth-order valence-corrected chi connectivity index (χ4v) is 2.82. The van der Waals surface area contributed by atoms with Crippen molar-refractivity contribution in [3.63, 3.8) is 0 Å². The summed E-state index contributed by atoms with van der Waals surface area (Å²) in [5.41, 5.74) is 0.500. The lowest BCUT2D eigenvalue weighted by molar-refractivity contribution is -0.140. The van der Waals surface area contributed by atoms with E-state index in [1.54, 1.807) is 30.2 Å². The molecule has 7 nitrogen and oxygen atoms in total. The number of benzene rings is 1. The first-order chi connectivity index (χ1) is 13.0. The van der Waals surface area contributed by atoms with Gasteiger partial charge in [-0.1, -0.05) is 13.8 Å². The van der Waals surface area contributed by atoms with Crippen LogP contribution in [0.25, 0.3) is 0 Å². The van der Waals surface area contributed by atoms with Crippen LogP contribution in [0.4, 0.5) is 0 Å². The molecule has 1 aromatic rings. The smallest absolute Gasteiger partial charge is 0.307 e. The Morgan fingerprint density at radius 2 is 1.59 bits per heavy atom. The second kappa shape index (κ2) is 12.2. The highest BCUT2D eigenvalue weighted by molar-refractivity contribution is 5.95. The molecule has 0 atom stereocenters. The molecule has 0 aliphatic rings. The first-order valence-electron chi connectivity index (χ1n) is 9.31. The molecule has 1 amide bonds. The summed E-state index contributed by atoms with van der Waals surface area (Å²) >= 11 is 0. The maximum Gasteiger partial charge on any atom is 0.307 e. The third-order valence-electron chi connectivity index (χ3n) is 4.53. The Hall–Kier alpha value is -2.28. The van der Waals surface area contributed by atoms with Gasteiger partial charge in [-0.3, -0.25) is 9.59 Å². The average Bonchev–Trinajstić information content (AvgIpc) is 2.71. The number of ether oxygens (including phenoxy) is 3. The van der Waals surface area contributed by atoms with Crippen LogP contribution in [0.2, 0.25) is 0 Å². The lowest BCUT2D eigenvalue weighted by atomic mass is 10.1. The van der Waals surface area contributed by atoms with E-state index in [9.17, 15) is 9.59 Å². The molecule has 0 saturated carbocycles. The number of hydrogen-bond donors (Lipinski definition) is 0. The Kier molecular flexibility index (Phi) is 10.3. The lowest BCUT2D eigenvalue weighted by Gasteiger charge is -2.25. The Balaban J connectivity index is 2.89. The van der Waals surface area contributed by atoms with E-state index in [1.165, 1.54) is 14.2 Å². The van der Waals surface area contributed by atoms with Crippen molar-refractivity contribution in [3.05, 3.63) is 23.8 Å². The van der Waals surface area contributed by atoms with E-state index in [0.29, 0.717) is 30.2 Å². The van der Waals surface area contributed by atoms with Gasteiger partial charge in [0.2, 0.25) is 0 Å². The van der Waals surface area contributed by atoms with Gasteiger partial charge in [-0.15, -0.1) is 0 Å². The number of nitrogens with zero attached hydrogens (tertiary/aromatic N) is 2. The molecule has 7 heteroatoms. The van der Waals surface area contributed by atoms with Gasteiger partial charge in [-0.05, 0) is 44.3 Å². The molecule has 1 rings (SSSR count). The summed E-state index contributed by atoms with van der Waals surface area (Å²) in [4.78, 5) is 28.5. The Morgan fingerprint density at radius 3 is 2.15 bits per heavy atom. The molecule has 152 valence electrons. The van der Waals surface area contributed by atoms with Gasteiger partial charge in [0.05, 0.1) is 27.8 Å². The van der Waals surface area contributed by atoms with Gasteiger partial charge in [0, 0.05) is 18.7 Å². The zero-order valence-electron chi connectivity index (χ0n) is 17.1. The van der Waals surface area contributed by atoms with Crippen LogP contribution in [0.1, 0.15) is 37.0 Å². The number of esters is 1. The number of carbonyl (C=O) groups is 2. The van der Waals surface area contributed by atoms with Crippen LogP contribution >= 0.6 is 0 Å². The zero-order valence-corrected chi connectivity index (χ0v) is 17.1. The van der Waals surface area contributed by atoms with Crippen LogP contribution in [0.5, 0.6) is 11.5 Å². The quantitative estimate of drug-likeness (QED) is 0.519. The molecule has 0 heterocycles. The molecule has 0 N–H and O–H groups in total. The van der Waals surface area contributed by atoms with Gasteiger partial charge in [0.1, 0.15) is 0 Å². The van der Waals surface area contributed by atoms with Crippen molar-refractivity contribution in [1.29, 1.82) is 0 Å². The maximum absolute atomic E-state index is 13.0. The van der Waals surface area contributed by atoms with Crippen molar-refractivity contribution < 1.29 is 23.8 Å². The van der Waals surface area contributed by atoms with Crippen LogP contribution in [-0.4, -0.2) is 75.7 Å². The van der Waals surface area contributed by atoms with E-state index in [-0.39, 0.29) is 18.3 Å². The number of rotatable bonds is 12. The summed E-state index contributed by atoms with van der Waals surface area (Å²) in [5, 5.41) is 0. The molecule has 0 spiro atoms. The van der Waals surface area contributed by atoms with Crippen molar-refractivity contribution in [3.8, 4) is 11.5 Å². The van der Waals surface area contributed by atoms with Crippen LogP contribution in [0, 0.1) is 0 Å². The highest BCUT2D eigenvalue weighted by Gasteiger charge is 2.19. The number of methoxy groups -OCH3 is 3. The fourth-order valence-electron chi connectivity index (χ4n) is 2.82. The van der Waals surface area contributed by atoms with Gasteiger partial charge >= 0.3 is 5.97 Å². The molecule has 0 aliphatic carbocycles. The maximum atomic E-state index is 13.0. The average molecular weight is 380 g/mol. The lowest BCUT2D eigenvalue weighted by Crippen LogP contribution is -2.36. The minimum absolute atomic E-state index is 0.139. The summed E-state index contributed by atoms with van der Waals surface area (Å²) in [5.74, 6) is 0.597. The summed E-state index contributed by atoms with van der Waals surface area (Å²) in [6.07, 6.45) is 1.00. The fraction of sp³-hybridized carbons (Fsp3) is 0.600. The third kappa shape index (κ3) is 7.09. The monoisotopic (exact) mass is 380 g/mol. The van der Waals surface area contributed by atoms with E-state index >= 15 is 0 Å². The van der Waals surface area contributed by atoms with Gasteiger partial charge < -0.3 is 24.0 Å². The van der Waals surface area contributed by atoms with Gasteiger partial charge in [0.15, 0.2) is 11.5 Å². The second-order valence-electron chi connectivity index (χ2n) is 6.07. The van der Waals surface area contributed by atoms with Gasteiger partial charge in [-0.25, -0.2) is 0 Å². The molecule has 27 heavy (non-hydrogen) atoms. The van der Waals surface area contributed by atoms with Crippen molar-refractivity contribution >= 4 is 11.9 Å². The van der Waals surface area contributed by atoms with Crippen LogP contribution < -0.4 is 9.47 Å². The second-order valence-corrected chi connectivity index (χ2v) is 6.07. The summed E-state index contributed by atoms with van der Waals surface area (Å²) < 4.78 is 15.2. The molecule has 0 fully saturated rings. The zero-order chi connectivity index (χ0) is 20.2. The van der Waals surface area contributed by atoms with E-state index in [2.05, 4.69) is 18.7 Å². The van der Waals surface area contributed by atoms with Crippen molar-refractivity contribution in [2.75, 3.05) is 54.1 Å². The van der Waals surface area contributed by atoms with Gasteiger partial charge in [-0.2, -0.15) is 0 Å². The molecule has 0 aromatic heterocycles. The summed E-state index contributed by atoms with van der Waals surface area (Å²) in [6, 6.07) is 5.08. The number of amides is 1. The third-order valence-corrected chi connectivity index (χ3v) is 4.53. The highest BCUT2D eigenvalue weighted by atomic mass is 16.5. The van der Waals surface area contributed by atoms with E-state index in [0.717, 1.165) is 26.1 Å². The van der Waals surface area contributed by atoms with Crippen molar-refractivity contribution in [2.45, 2.75) is 26.7 Å². The number of carbonyl (C=O) groups excluding carboxylic acids is 2. The summed E-state index contributed by atoms with van der Waals surface area (Å²) in [7, 11) is 4.43. The predicted octanol–water partition coefficient (Wildman–Crippen LogP) is 2.44. The first-order valence-corrected chi connectivity index (χ1v) is 9.31. The Bertz CT molecular complexity index is 602. The minimum atomic E-state index is -0.330. The van der Waals surface area contributed by atoms with E-state index < -0.39 is 0 Å². The molecule has 0 bridgehead atoms. The first kappa shape index (κ1) is 22.8. The number of hydrogen-bond acceptors (Lipinski definition) is 6. The normalized spacial score (nSPS) is 10.6. The van der Waals surface area contributed by atoms with Crippen LogP contribution in [0.3, 0.4) is 0 Å². The molecule has 0 radical (unpaired) electrons. The highest BCUT2D eigenvalue weighted by Crippen LogP contribution is 2.28. The van der Waals surface area contributed by atoms with Crippen molar-refractivity contribution in [2.24, 2.45) is 0 Å². The van der Waals surface area contributed by atoms with Crippen molar-refractivity contribution in [1.82, 2.24) is 9.80 Å². The van der Waals surface area contributed by atoms with E-state index in [4.69, 9.17) is 14.2 Å². The molecule has 0 aliphatic heterocycles. The Labute approximate surface area is 162 Å². The Morgan fingerprint density at radius 1 is 0.926 bits per heavy atom. The topological polar surface area (TPSA) is 68.3 Å². The van der Waals surface area contributed by atoms with Crippen LogP contribution in [0.15, 0.2) is 18.2 Å². The van der Waals surface area contributed by atoms with Gasteiger partial charge in [0.25, 0.3) is 5.91 Å². The SMILES string of the molecule is CCN(CC)CCCN(CCC(=O)OC)C(=O)c1ccc(OC)c(OC)c1. The largest absolute Gasteiger partial charge is 0.493 e. The predicted molar refractivity (Wildman–Crippen MR) is 104 cm³/mol.